The summed E-state index contributed by atoms with van der Waals surface area (Å²) in [6.45, 7) is 9.88. The van der Waals surface area contributed by atoms with E-state index in [0.717, 1.165) is 29.8 Å². The van der Waals surface area contributed by atoms with Crippen molar-refractivity contribution in [2.24, 2.45) is 11.7 Å². The molecule has 2 rings (SSSR count). The fourth-order valence-electron chi connectivity index (χ4n) is 3.13. The highest BCUT2D eigenvalue weighted by Gasteiger charge is 2.31. The second-order valence-corrected chi connectivity index (χ2v) is 6.72. The number of carbonyl (C=O) groups is 1. The minimum Gasteiger partial charge on any atom is -0.483 e. The summed E-state index contributed by atoms with van der Waals surface area (Å²) in [4.78, 5) is 14.3. The Hall–Kier alpha value is -1.26. The predicted octanol–water partition coefficient (Wildman–Crippen LogP) is 3.11. The van der Waals surface area contributed by atoms with Crippen molar-refractivity contribution in [2.75, 3.05) is 19.7 Å². The van der Waals surface area contributed by atoms with Gasteiger partial charge in [-0.25, -0.2) is 0 Å². The lowest BCUT2D eigenvalue weighted by molar-refractivity contribution is -0.134. The maximum Gasteiger partial charge on any atom is 0.260 e. The molecular formula is C18H29ClN2O2. The van der Waals surface area contributed by atoms with E-state index in [1.54, 1.807) is 0 Å². The quantitative estimate of drug-likeness (QED) is 0.896. The average Bonchev–Trinajstić information content (AvgIpc) is 2.85. The molecule has 0 aromatic heterocycles. The van der Waals surface area contributed by atoms with Crippen molar-refractivity contribution in [1.82, 2.24) is 4.90 Å². The van der Waals surface area contributed by atoms with Crippen LogP contribution in [-0.4, -0.2) is 36.5 Å². The van der Waals surface area contributed by atoms with E-state index in [9.17, 15) is 4.79 Å². The van der Waals surface area contributed by atoms with Gasteiger partial charge in [0.05, 0.1) is 0 Å². The summed E-state index contributed by atoms with van der Waals surface area (Å²) in [6.07, 6.45) is 0.990. The second kappa shape index (κ2) is 8.55. The van der Waals surface area contributed by atoms with Crippen LogP contribution in [0.1, 0.15) is 44.2 Å². The molecule has 5 heteroatoms. The van der Waals surface area contributed by atoms with Gasteiger partial charge in [-0.2, -0.15) is 0 Å². The number of benzene rings is 1. The molecule has 2 N–H and O–H groups in total. The van der Waals surface area contributed by atoms with Crippen LogP contribution in [0.3, 0.4) is 0 Å². The van der Waals surface area contributed by atoms with Gasteiger partial charge in [-0.15, -0.1) is 12.4 Å². The van der Waals surface area contributed by atoms with Gasteiger partial charge in [-0.1, -0.05) is 26.0 Å². The standard InChI is InChI=1S/C18H28N2O2.ClH/c1-12(2)16-6-5-13(3)7-17(16)22-11-18(21)20-10-15(9-19)8-14(20)4;/h5-7,12,14-15H,8-11,19H2,1-4H3;1H. The summed E-state index contributed by atoms with van der Waals surface area (Å²) >= 11 is 0. The molecule has 1 aromatic carbocycles. The lowest BCUT2D eigenvalue weighted by Gasteiger charge is -2.22. The Morgan fingerprint density at radius 2 is 2.13 bits per heavy atom. The normalized spacial score (nSPS) is 20.5. The maximum absolute atomic E-state index is 12.4. The molecule has 2 unspecified atom stereocenters. The Bertz CT molecular complexity index is 534. The van der Waals surface area contributed by atoms with Crippen LogP contribution in [-0.2, 0) is 4.79 Å². The summed E-state index contributed by atoms with van der Waals surface area (Å²) in [5, 5.41) is 0. The number of nitrogens with zero attached hydrogens (tertiary/aromatic N) is 1. The molecule has 1 heterocycles. The van der Waals surface area contributed by atoms with Gasteiger partial charge < -0.3 is 15.4 Å². The van der Waals surface area contributed by atoms with Crippen molar-refractivity contribution in [3.05, 3.63) is 29.3 Å². The van der Waals surface area contributed by atoms with Gasteiger partial charge in [0.1, 0.15) is 5.75 Å². The van der Waals surface area contributed by atoms with Crippen molar-refractivity contribution >= 4 is 18.3 Å². The highest BCUT2D eigenvalue weighted by Crippen LogP contribution is 2.28. The Labute approximate surface area is 145 Å². The maximum atomic E-state index is 12.4. The van der Waals surface area contributed by atoms with Crippen LogP contribution in [0.4, 0.5) is 0 Å². The fourth-order valence-corrected chi connectivity index (χ4v) is 3.13. The van der Waals surface area contributed by atoms with Crippen molar-refractivity contribution < 1.29 is 9.53 Å². The summed E-state index contributed by atoms with van der Waals surface area (Å²) in [5.41, 5.74) is 8.01. The van der Waals surface area contributed by atoms with E-state index in [2.05, 4.69) is 32.9 Å². The molecule has 1 aliphatic rings. The van der Waals surface area contributed by atoms with Gasteiger partial charge in [0.25, 0.3) is 5.91 Å². The van der Waals surface area contributed by atoms with E-state index < -0.39 is 0 Å². The van der Waals surface area contributed by atoms with Gasteiger partial charge >= 0.3 is 0 Å². The first-order valence-corrected chi connectivity index (χ1v) is 8.15. The monoisotopic (exact) mass is 340 g/mol. The zero-order valence-corrected chi connectivity index (χ0v) is 15.4. The van der Waals surface area contributed by atoms with Gasteiger partial charge in [-0.3, -0.25) is 4.79 Å². The number of aryl methyl sites for hydroxylation is 1. The smallest absolute Gasteiger partial charge is 0.260 e. The van der Waals surface area contributed by atoms with Crippen molar-refractivity contribution in [1.29, 1.82) is 0 Å². The van der Waals surface area contributed by atoms with E-state index in [4.69, 9.17) is 10.5 Å². The lowest BCUT2D eigenvalue weighted by atomic mass is 10.0. The number of nitrogens with two attached hydrogens (primary N) is 1. The molecular weight excluding hydrogens is 312 g/mol. The third kappa shape index (κ3) is 4.85. The van der Waals surface area contributed by atoms with Crippen LogP contribution < -0.4 is 10.5 Å². The molecule has 4 nitrogen and oxygen atoms in total. The highest BCUT2D eigenvalue weighted by molar-refractivity contribution is 5.85. The largest absolute Gasteiger partial charge is 0.483 e. The molecule has 130 valence electrons. The summed E-state index contributed by atoms with van der Waals surface area (Å²) in [7, 11) is 0. The van der Waals surface area contributed by atoms with E-state index in [-0.39, 0.29) is 31.0 Å². The highest BCUT2D eigenvalue weighted by atomic mass is 35.5. The summed E-state index contributed by atoms with van der Waals surface area (Å²) in [6, 6.07) is 6.44. The van der Waals surface area contributed by atoms with Crippen LogP contribution >= 0.6 is 12.4 Å². The Balaban J connectivity index is 0.00000264. The van der Waals surface area contributed by atoms with E-state index in [1.165, 1.54) is 0 Å². The van der Waals surface area contributed by atoms with Crippen LogP contribution in [0.25, 0.3) is 0 Å². The number of amides is 1. The number of carbonyl (C=O) groups excluding carboxylic acids is 1. The third-order valence-electron chi connectivity index (χ3n) is 4.46. The molecule has 1 fully saturated rings. The topological polar surface area (TPSA) is 55.6 Å². The van der Waals surface area contributed by atoms with E-state index in [0.29, 0.717) is 18.4 Å². The van der Waals surface area contributed by atoms with Gasteiger partial charge in [0, 0.05) is 12.6 Å². The Morgan fingerprint density at radius 1 is 1.43 bits per heavy atom. The number of likely N-dealkylation sites (tertiary alicyclic amines) is 1. The average molecular weight is 341 g/mol. The Morgan fingerprint density at radius 3 is 2.70 bits per heavy atom. The molecule has 2 atom stereocenters. The minimum atomic E-state index is 0. The van der Waals surface area contributed by atoms with E-state index >= 15 is 0 Å². The fraction of sp³-hybridized carbons (Fsp3) is 0.611. The number of rotatable bonds is 5. The second-order valence-electron chi connectivity index (χ2n) is 6.72. The molecule has 0 spiro atoms. The molecule has 0 radical (unpaired) electrons. The van der Waals surface area contributed by atoms with Gasteiger partial charge in [-0.05, 0) is 55.8 Å². The first kappa shape index (κ1) is 19.8. The lowest BCUT2D eigenvalue weighted by Crippen LogP contribution is -2.37. The molecule has 1 amide bonds. The molecule has 0 saturated carbocycles. The summed E-state index contributed by atoms with van der Waals surface area (Å²) < 4.78 is 5.85. The molecule has 0 bridgehead atoms. The van der Waals surface area contributed by atoms with E-state index in [1.807, 2.05) is 17.9 Å². The zero-order valence-electron chi connectivity index (χ0n) is 14.5. The minimum absolute atomic E-state index is 0. The zero-order chi connectivity index (χ0) is 16.3. The first-order valence-electron chi connectivity index (χ1n) is 8.15. The van der Waals surface area contributed by atoms with Crippen molar-refractivity contribution in [3.8, 4) is 5.75 Å². The van der Waals surface area contributed by atoms with Crippen LogP contribution in [0.15, 0.2) is 18.2 Å². The SMILES string of the molecule is Cc1ccc(C(C)C)c(OCC(=O)N2CC(CN)CC2C)c1.Cl. The summed E-state index contributed by atoms with van der Waals surface area (Å²) in [5.74, 6) is 1.67. The molecule has 1 aliphatic heterocycles. The van der Waals surface area contributed by atoms with Crippen molar-refractivity contribution in [2.45, 2.75) is 46.1 Å². The number of halogens is 1. The first-order chi connectivity index (χ1) is 10.4. The van der Waals surface area contributed by atoms with Crippen LogP contribution in [0, 0.1) is 12.8 Å². The molecule has 1 aromatic rings. The predicted molar refractivity (Wildman–Crippen MR) is 96.3 cm³/mol. The molecule has 1 saturated heterocycles. The number of hydrogen-bond acceptors (Lipinski definition) is 3. The number of hydrogen-bond donors (Lipinski definition) is 1. The van der Waals surface area contributed by atoms with Gasteiger partial charge in [0.15, 0.2) is 6.61 Å². The Kier molecular flexibility index (Phi) is 7.36. The van der Waals surface area contributed by atoms with Crippen LogP contribution in [0.5, 0.6) is 5.75 Å². The van der Waals surface area contributed by atoms with Crippen molar-refractivity contribution in [3.63, 3.8) is 0 Å². The van der Waals surface area contributed by atoms with Crippen LogP contribution in [0.2, 0.25) is 0 Å². The van der Waals surface area contributed by atoms with Gasteiger partial charge in [0.2, 0.25) is 0 Å². The molecule has 23 heavy (non-hydrogen) atoms. The number of ether oxygens (including phenoxy) is 1. The molecule has 0 aliphatic carbocycles. The third-order valence-corrected chi connectivity index (χ3v) is 4.46.